The number of benzene rings is 3. The molecule has 4 aromatic rings. The second kappa shape index (κ2) is 5.93. The van der Waals surface area contributed by atoms with Crippen LogP contribution in [0.3, 0.4) is 0 Å². The monoisotopic (exact) mass is 310 g/mol. The van der Waals surface area contributed by atoms with Gasteiger partial charge in [0.1, 0.15) is 7.05 Å². The first-order valence-corrected chi connectivity index (χ1v) is 8.28. The molecule has 3 aromatic carbocycles. The van der Waals surface area contributed by atoms with Crippen LogP contribution in [0.1, 0.15) is 5.56 Å². The lowest BCUT2D eigenvalue weighted by Crippen LogP contribution is -2.31. The minimum absolute atomic E-state index is 1.25. The van der Waals surface area contributed by atoms with E-state index in [2.05, 4.69) is 104 Å². The van der Waals surface area contributed by atoms with Gasteiger partial charge in [0, 0.05) is 6.07 Å². The van der Waals surface area contributed by atoms with Crippen molar-refractivity contribution in [2.75, 3.05) is 0 Å². The zero-order valence-electron chi connectivity index (χ0n) is 14.0. The maximum absolute atomic E-state index is 2.23. The summed E-state index contributed by atoms with van der Waals surface area (Å²) in [6.45, 7) is 2.20. The van der Waals surface area contributed by atoms with Crippen LogP contribution < -0.4 is 4.57 Å². The Kier molecular flexibility index (Phi) is 3.62. The summed E-state index contributed by atoms with van der Waals surface area (Å²) in [5.74, 6) is 0. The molecule has 0 saturated carbocycles. The smallest absolute Gasteiger partial charge is 0.200 e. The van der Waals surface area contributed by atoms with Crippen molar-refractivity contribution in [2.45, 2.75) is 6.92 Å². The van der Waals surface area contributed by atoms with Crippen LogP contribution in [0.5, 0.6) is 0 Å². The molecule has 0 spiro atoms. The molecule has 0 fully saturated rings. The van der Waals surface area contributed by atoms with Crippen molar-refractivity contribution in [3.63, 3.8) is 0 Å². The zero-order valence-corrected chi connectivity index (χ0v) is 14.0. The van der Waals surface area contributed by atoms with E-state index in [0.29, 0.717) is 0 Å². The summed E-state index contributed by atoms with van der Waals surface area (Å²) in [6.07, 6.45) is 2.13. The predicted octanol–water partition coefficient (Wildman–Crippen LogP) is 5.31. The summed E-state index contributed by atoms with van der Waals surface area (Å²) >= 11 is 0. The minimum atomic E-state index is 1.25. The van der Waals surface area contributed by atoms with Crippen molar-refractivity contribution < 1.29 is 4.57 Å². The maximum Gasteiger partial charge on any atom is 0.221 e. The van der Waals surface area contributed by atoms with Crippen LogP contribution in [0.15, 0.2) is 85.1 Å². The average Bonchev–Trinajstić information content (AvgIpc) is 2.63. The molecule has 24 heavy (non-hydrogen) atoms. The number of fused-ring (bicyclic) bond motifs is 1. The van der Waals surface area contributed by atoms with E-state index in [-0.39, 0.29) is 0 Å². The van der Waals surface area contributed by atoms with Crippen molar-refractivity contribution in [2.24, 2.45) is 7.05 Å². The van der Waals surface area contributed by atoms with Crippen LogP contribution in [0.4, 0.5) is 0 Å². The molecule has 0 radical (unpaired) electrons. The highest BCUT2D eigenvalue weighted by molar-refractivity contribution is 5.99. The van der Waals surface area contributed by atoms with Crippen molar-refractivity contribution in [1.29, 1.82) is 0 Å². The SMILES string of the molecule is Cc1ccc2ccccc2c1-c1c(-c2ccccc2)ccc[n+]1C. The van der Waals surface area contributed by atoms with Gasteiger partial charge in [0.05, 0.1) is 11.1 Å². The molecular formula is C23H20N+. The molecule has 0 aliphatic carbocycles. The van der Waals surface area contributed by atoms with Crippen molar-refractivity contribution in [3.8, 4) is 22.4 Å². The fourth-order valence-electron chi connectivity index (χ4n) is 3.47. The fraction of sp³-hybridized carbons (Fsp3) is 0.0870. The molecule has 0 N–H and O–H groups in total. The van der Waals surface area contributed by atoms with E-state index in [1.165, 1.54) is 38.7 Å². The lowest BCUT2D eigenvalue weighted by Gasteiger charge is -2.13. The van der Waals surface area contributed by atoms with E-state index in [0.717, 1.165) is 0 Å². The number of aromatic nitrogens is 1. The first kappa shape index (κ1) is 14.6. The fourth-order valence-corrected chi connectivity index (χ4v) is 3.47. The molecule has 0 saturated heterocycles. The predicted molar refractivity (Wildman–Crippen MR) is 101 cm³/mol. The van der Waals surface area contributed by atoms with Gasteiger partial charge >= 0.3 is 0 Å². The molecule has 1 nitrogen and oxygen atoms in total. The highest BCUT2D eigenvalue weighted by Crippen LogP contribution is 2.35. The van der Waals surface area contributed by atoms with Gasteiger partial charge in [-0.25, -0.2) is 4.57 Å². The number of hydrogen-bond donors (Lipinski definition) is 0. The average molecular weight is 310 g/mol. The third kappa shape index (κ3) is 2.39. The molecule has 1 heterocycles. The molecule has 0 aliphatic heterocycles. The lowest BCUT2D eigenvalue weighted by molar-refractivity contribution is -0.659. The van der Waals surface area contributed by atoms with Crippen LogP contribution in [-0.4, -0.2) is 0 Å². The molecule has 0 amide bonds. The van der Waals surface area contributed by atoms with Crippen molar-refractivity contribution >= 4 is 10.8 Å². The van der Waals surface area contributed by atoms with E-state index >= 15 is 0 Å². The first-order chi connectivity index (χ1) is 11.8. The summed E-state index contributed by atoms with van der Waals surface area (Å²) in [6, 6.07) is 28.0. The molecule has 1 heteroatoms. The van der Waals surface area contributed by atoms with Gasteiger partial charge < -0.3 is 0 Å². The molecule has 0 bridgehead atoms. The second-order valence-corrected chi connectivity index (χ2v) is 6.23. The zero-order chi connectivity index (χ0) is 16.5. The number of pyridine rings is 1. The normalized spacial score (nSPS) is 10.9. The summed E-state index contributed by atoms with van der Waals surface area (Å²) in [5, 5.41) is 2.58. The van der Waals surface area contributed by atoms with Gasteiger partial charge in [0.25, 0.3) is 0 Å². The van der Waals surface area contributed by atoms with Gasteiger partial charge in [-0.2, -0.15) is 0 Å². The maximum atomic E-state index is 2.23. The van der Waals surface area contributed by atoms with Crippen LogP contribution >= 0.6 is 0 Å². The van der Waals surface area contributed by atoms with Gasteiger partial charge in [-0.15, -0.1) is 0 Å². The number of rotatable bonds is 2. The Morgan fingerprint density at radius 2 is 1.46 bits per heavy atom. The van der Waals surface area contributed by atoms with Crippen LogP contribution in [0, 0.1) is 6.92 Å². The Morgan fingerprint density at radius 1 is 0.708 bits per heavy atom. The molecular weight excluding hydrogens is 290 g/mol. The molecule has 4 rings (SSSR count). The molecule has 0 unspecified atom stereocenters. The Balaban J connectivity index is 2.11. The molecule has 1 aromatic heterocycles. The topological polar surface area (TPSA) is 3.88 Å². The summed E-state index contributed by atoms with van der Waals surface area (Å²) in [7, 11) is 2.13. The van der Waals surface area contributed by atoms with Crippen molar-refractivity contribution in [1.82, 2.24) is 0 Å². The highest BCUT2D eigenvalue weighted by atomic mass is 14.9. The van der Waals surface area contributed by atoms with Gasteiger partial charge in [-0.3, -0.25) is 0 Å². The molecule has 0 atom stereocenters. The van der Waals surface area contributed by atoms with Gasteiger partial charge in [-0.05, 0) is 34.9 Å². The Morgan fingerprint density at radius 3 is 2.29 bits per heavy atom. The van der Waals surface area contributed by atoms with Crippen LogP contribution in [0.2, 0.25) is 0 Å². The van der Waals surface area contributed by atoms with Gasteiger partial charge in [0.2, 0.25) is 5.69 Å². The van der Waals surface area contributed by atoms with E-state index in [9.17, 15) is 0 Å². The summed E-state index contributed by atoms with van der Waals surface area (Å²) in [5.41, 5.74) is 6.39. The Bertz CT molecular complexity index is 1020. The number of aryl methyl sites for hydroxylation is 2. The molecule has 116 valence electrons. The number of hydrogen-bond acceptors (Lipinski definition) is 0. The largest absolute Gasteiger partial charge is 0.221 e. The third-order valence-electron chi connectivity index (χ3n) is 4.64. The summed E-state index contributed by atoms with van der Waals surface area (Å²) < 4.78 is 2.23. The number of nitrogens with zero attached hydrogens (tertiary/aromatic N) is 1. The molecule has 0 aliphatic rings. The quantitative estimate of drug-likeness (QED) is 0.442. The van der Waals surface area contributed by atoms with E-state index in [4.69, 9.17) is 0 Å². The van der Waals surface area contributed by atoms with E-state index < -0.39 is 0 Å². The highest BCUT2D eigenvalue weighted by Gasteiger charge is 2.21. The minimum Gasteiger partial charge on any atom is -0.200 e. The Labute approximate surface area is 142 Å². The standard InChI is InChI=1S/C23H20N/c1-17-14-15-19-11-6-7-12-20(19)22(17)23-21(13-8-16-24(23)2)18-9-4-3-5-10-18/h3-16H,1-2H3/q+1. The Hall–Kier alpha value is -2.93. The second-order valence-electron chi connectivity index (χ2n) is 6.23. The van der Waals surface area contributed by atoms with Gasteiger partial charge in [0.15, 0.2) is 6.20 Å². The van der Waals surface area contributed by atoms with Crippen LogP contribution in [0.25, 0.3) is 33.2 Å². The van der Waals surface area contributed by atoms with Gasteiger partial charge in [-0.1, -0.05) is 66.7 Å². The third-order valence-corrected chi connectivity index (χ3v) is 4.64. The van der Waals surface area contributed by atoms with Crippen molar-refractivity contribution in [3.05, 3.63) is 90.6 Å². The van der Waals surface area contributed by atoms with E-state index in [1.807, 2.05) is 0 Å². The lowest BCUT2D eigenvalue weighted by atomic mass is 9.92. The first-order valence-electron chi connectivity index (χ1n) is 8.28. The summed E-state index contributed by atoms with van der Waals surface area (Å²) in [4.78, 5) is 0. The van der Waals surface area contributed by atoms with E-state index in [1.54, 1.807) is 0 Å². The van der Waals surface area contributed by atoms with Crippen LogP contribution in [-0.2, 0) is 7.05 Å².